The maximum Gasteiger partial charge on any atom is 0.320 e. The van der Waals surface area contributed by atoms with Crippen LogP contribution in [0.1, 0.15) is 30.9 Å². The molecule has 1 unspecified atom stereocenters. The summed E-state index contributed by atoms with van der Waals surface area (Å²) in [5, 5.41) is 12.0. The van der Waals surface area contributed by atoms with Crippen LogP contribution in [0.5, 0.6) is 0 Å². The molecule has 5 heteroatoms. The minimum atomic E-state index is -0.888. The summed E-state index contributed by atoms with van der Waals surface area (Å²) >= 11 is 0. The lowest BCUT2D eigenvalue weighted by atomic mass is 10.1. The Morgan fingerprint density at radius 2 is 2.05 bits per heavy atom. The van der Waals surface area contributed by atoms with Crippen molar-refractivity contribution in [1.29, 1.82) is 0 Å². The fourth-order valence-corrected chi connectivity index (χ4v) is 2.37. The molecule has 0 bridgehead atoms. The number of anilines is 1. The molecule has 21 heavy (non-hydrogen) atoms. The molecule has 1 atom stereocenters. The Balaban J connectivity index is 2.02. The number of aliphatic carboxylic acids is 1. The smallest absolute Gasteiger partial charge is 0.320 e. The Morgan fingerprint density at radius 3 is 2.62 bits per heavy atom. The molecule has 1 aromatic carbocycles. The lowest BCUT2D eigenvalue weighted by molar-refractivity contribution is -0.143. The number of rotatable bonds is 6. The largest absolute Gasteiger partial charge is 0.480 e. The van der Waals surface area contributed by atoms with E-state index in [1.807, 2.05) is 32.0 Å². The van der Waals surface area contributed by atoms with E-state index in [-0.39, 0.29) is 18.5 Å². The van der Waals surface area contributed by atoms with Gasteiger partial charge in [0.15, 0.2) is 0 Å². The van der Waals surface area contributed by atoms with Gasteiger partial charge in [0.05, 0.1) is 6.54 Å². The van der Waals surface area contributed by atoms with E-state index in [1.165, 1.54) is 0 Å². The van der Waals surface area contributed by atoms with Crippen molar-refractivity contribution in [1.82, 2.24) is 4.90 Å². The summed E-state index contributed by atoms with van der Waals surface area (Å²) in [7, 11) is 0. The molecule has 2 N–H and O–H groups in total. The fraction of sp³-hybridized carbons (Fsp3) is 0.500. The molecule has 114 valence electrons. The predicted molar refractivity (Wildman–Crippen MR) is 81.4 cm³/mol. The molecule has 1 fully saturated rings. The summed E-state index contributed by atoms with van der Waals surface area (Å²) in [6.07, 6.45) is 1.93. The molecular formula is C16H22N2O3. The molecule has 1 amide bonds. The lowest BCUT2D eigenvalue weighted by Gasteiger charge is -2.25. The molecule has 0 radical (unpaired) electrons. The summed E-state index contributed by atoms with van der Waals surface area (Å²) in [6, 6.07) is 5.34. The van der Waals surface area contributed by atoms with Gasteiger partial charge in [-0.1, -0.05) is 12.1 Å². The third-order valence-corrected chi connectivity index (χ3v) is 4.08. The van der Waals surface area contributed by atoms with Crippen LogP contribution in [-0.4, -0.2) is 40.5 Å². The molecule has 1 aliphatic rings. The standard InChI is InChI=1S/C16H22N2O3/c1-10-5-4-6-14(11(10)2)17-15(19)9-18(13-7-8-13)12(3)16(20)21/h4-6,12-13H,7-9H2,1-3H3,(H,17,19)(H,20,21). The Bertz CT molecular complexity index is 552. The van der Waals surface area contributed by atoms with Crippen molar-refractivity contribution >= 4 is 17.6 Å². The van der Waals surface area contributed by atoms with Gasteiger partial charge in [-0.2, -0.15) is 0 Å². The monoisotopic (exact) mass is 290 g/mol. The second kappa shape index (κ2) is 6.26. The van der Waals surface area contributed by atoms with Crippen molar-refractivity contribution in [3.63, 3.8) is 0 Å². The second-order valence-corrected chi connectivity index (χ2v) is 5.71. The lowest BCUT2D eigenvalue weighted by Crippen LogP contribution is -2.44. The van der Waals surface area contributed by atoms with Crippen LogP contribution >= 0.6 is 0 Å². The number of hydrogen-bond acceptors (Lipinski definition) is 3. The van der Waals surface area contributed by atoms with Gasteiger partial charge in [0.25, 0.3) is 0 Å². The molecule has 0 saturated heterocycles. The average molecular weight is 290 g/mol. The normalized spacial score (nSPS) is 15.8. The molecule has 1 aromatic rings. The van der Waals surface area contributed by atoms with E-state index in [9.17, 15) is 9.59 Å². The number of aryl methyl sites for hydroxylation is 1. The minimum Gasteiger partial charge on any atom is -0.480 e. The third-order valence-electron chi connectivity index (χ3n) is 4.08. The van der Waals surface area contributed by atoms with Gasteiger partial charge in [-0.15, -0.1) is 0 Å². The number of carbonyl (C=O) groups excluding carboxylic acids is 1. The zero-order valence-corrected chi connectivity index (χ0v) is 12.7. The van der Waals surface area contributed by atoms with Crippen molar-refractivity contribution in [3.8, 4) is 0 Å². The van der Waals surface area contributed by atoms with E-state index >= 15 is 0 Å². The van der Waals surface area contributed by atoms with Gasteiger partial charge in [-0.25, -0.2) is 0 Å². The highest BCUT2D eigenvalue weighted by molar-refractivity contribution is 5.93. The number of nitrogens with one attached hydrogen (secondary N) is 1. The molecule has 1 aliphatic carbocycles. The van der Waals surface area contributed by atoms with Gasteiger partial charge in [0.1, 0.15) is 6.04 Å². The van der Waals surface area contributed by atoms with Crippen molar-refractivity contribution in [3.05, 3.63) is 29.3 Å². The van der Waals surface area contributed by atoms with Crippen LogP contribution in [0.2, 0.25) is 0 Å². The number of amides is 1. The Hall–Kier alpha value is -1.88. The quantitative estimate of drug-likeness (QED) is 0.842. The van der Waals surface area contributed by atoms with Crippen molar-refractivity contribution in [2.24, 2.45) is 0 Å². The van der Waals surface area contributed by atoms with E-state index < -0.39 is 12.0 Å². The minimum absolute atomic E-state index is 0.117. The number of carboxylic acids is 1. The second-order valence-electron chi connectivity index (χ2n) is 5.71. The highest BCUT2D eigenvalue weighted by Gasteiger charge is 2.36. The fourth-order valence-electron chi connectivity index (χ4n) is 2.37. The van der Waals surface area contributed by atoms with Gasteiger partial charge < -0.3 is 10.4 Å². The number of benzene rings is 1. The Kier molecular flexibility index (Phi) is 4.63. The molecule has 5 nitrogen and oxygen atoms in total. The highest BCUT2D eigenvalue weighted by Crippen LogP contribution is 2.28. The number of carbonyl (C=O) groups is 2. The predicted octanol–water partition coefficient (Wildman–Crippen LogP) is 2.18. The van der Waals surface area contributed by atoms with Crippen molar-refractivity contribution in [2.75, 3.05) is 11.9 Å². The van der Waals surface area contributed by atoms with Gasteiger partial charge >= 0.3 is 5.97 Å². The first-order valence-electron chi connectivity index (χ1n) is 7.24. The first kappa shape index (κ1) is 15.5. The van der Waals surface area contributed by atoms with E-state index in [4.69, 9.17) is 5.11 Å². The zero-order chi connectivity index (χ0) is 15.6. The van der Waals surface area contributed by atoms with Crippen LogP contribution in [0.4, 0.5) is 5.69 Å². The van der Waals surface area contributed by atoms with E-state index in [0.717, 1.165) is 29.7 Å². The first-order chi connectivity index (χ1) is 9.90. The molecule has 0 aliphatic heterocycles. The first-order valence-corrected chi connectivity index (χ1v) is 7.24. The van der Waals surface area contributed by atoms with E-state index in [2.05, 4.69) is 5.32 Å². The van der Waals surface area contributed by atoms with Crippen molar-refractivity contribution < 1.29 is 14.7 Å². The summed E-state index contributed by atoms with van der Waals surface area (Å²) in [6.45, 7) is 5.70. The third kappa shape index (κ3) is 3.82. The highest BCUT2D eigenvalue weighted by atomic mass is 16.4. The average Bonchev–Trinajstić information content (AvgIpc) is 3.25. The Morgan fingerprint density at radius 1 is 1.38 bits per heavy atom. The van der Waals surface area contributed by atoms with Crippen LogP contribution in [-0.2, 0) is 9.59 Å². The molecule has 0 heterocycles. The molecular weight excluding hydrogens is 268 g/mol. The summed E-state index contributed by atoms with van der Waals surface area (Å²) in [5.74, 6) is -1.05. The summed E-state index contributed by atoms with van der Waals surface area (Å²) in [5.41, 5.74) is 2.94. The van der Waals surface area contributed by atoms with Gasteiger partial charge in [0.2, 0.25) is 5.91 Å². The molecule has 0 aromatic heterocycles. The van der Waals surface area contributed by atoms with Gasteiger partial charge in [-0.3, -0.25) is 14.5 Å². The Labute approximate surface area is 125 Å². The van der Waals surface area contributed by atoms with Gasteiger partial charge in [0, 0.05) is 11.7 Å². The molecule has 2 rings (SSSR count). The summed E-state index contributed by atoms with van der Waals surface area (Å²) < 4.78 is 0. The topological polar surface area (TPSA) is 69.6 Å². The van der Waals surface area contributed by atoms with E-state index in [0.29, 0.717) is 0 Å². The maximum atomic E-state index is 12.2. The van der Waals surface area contributed by atoms with Crippen LogP contribution in [0, 0.1) is 13.8 Å². The van der Waals surface area contributed by atoms with E-state index in [1.54, 1.807) is 11.8 Å². The number of nitrogens with zero attached hydrogens (tertiary/aromatic N) is 1. The maximum absolute atomic E-state index is 12.2. The zero-order valence-electron chi connectivity index (χ0n) is 12.7. The van der Waals surface area contributed by atoms with Crippen LogP contribution in [0.25, 0.3) is 0 Å². The van der Waals surface area contributed by atoms with Crippen LogP contribution in [0.15, 0.2) is 18.2 Å². The van der Waals surface area contributed by atoms with Gasteiger partial charge in [-0.05, 0) is 50.8 Å². The van der Waals surface area contributed by atoms with Crippen LogP contribution in [0.3, 0.4) is 0 Å². The number of hydrogen-bond donors (Lipinski definition) is 2. The SMILES string of the molecule is Cc1cccc(NC(=O)CN(C2CC2)C(C)C(=O)O)c1C. The molecule has 0 spiro atoms. The van der Waals surface area contributed by atoms with Crippen molar-refractivity contribution in [2.45, 2.75) is 45.7 Å². The molecule has 1 saturated carbocycles. The summed E-state index contributed by atoms with van der Waals surface area (Å²) in [4.78, 5) is 25.1. The number of carboxylic acid groups (broad SMARTS) is 1. The van der Waals surface area contributed by atoms with Crippen LogP contribution < -0.4 is 5.32 Å².